The molecule has 0 unspecified atom stereocenters. The number of aryl methyl sites for hydroxylation is 1. The molecule has 0 saturated carbocycles. The second-order valence-electron chi connectivity index (χ2n) is 21.6. The van der Waals surface area contributed by atoms with E-state index in [-0.39, 0.29) is 67.4 Å². The van der Waals surface area contributed by atoms with Crippen LogP contribution in [-0.2, 0) is 50.1 Å². The Kier molecular flexibility index (Phi) is 17.9. The summed E-state index contributed by atoms with van der Waals surface area (Å²) >= 11 is 0. The molecule has 17 nitrogen and oxygen atoms in total. The van der Waals surface area contributed by atoms with Gasteiger partial charge in [0.2, 0.25) is 11.8 Å². The third-order valence-electron chi connectivity index (χ3n) is 15.6. The van der Waals surface area contributed by atoms with E-state index in [4.69, 9.17) is 19.0 Å². The van der Waals surface area contributed by atoms with Gasteiger partial charge in [0, 0.05) is 94.2 Å². The molecule has 0 bridgehead atoms. The highest BCUT2D eigenvalue weighted by molar-refractivity contribution is 6.13. The molecule has 0 radical (unpaired) electrons. The molecule has 0 saturated heterocycles. The van der Waals surface area contributed by atoms with Gasteiger partial charge in [-0.25, -0.2) is 0 Å². The second-order valence-corrected chi connectivity index (χ2v) is 21.6. The Morgan fingerprint density at radius 3 is 1.84 bits per heavy atom. The first-order valence-electron chi connectivity index (χ1n) is 27.9. The van der Waals surface area contributed by atoms with Crippen molar-refractivity contribution >= 4 is 69.8 Å². The molecule has 4 aliphatic heterocycles. The van der Waals surface area contributed by atoms with Gasteiger partial charge in [-0.05, 0) is 130 Å². The molecule has 4 aliphatic rings. The lowest BCUT2D eigenvalue weighted by Gasteiger charge is -2.25. The van der Waals surface area contributed by atoms with Crippen molar-refractivity contribution in [2.45, 2.75) is 123 Å². The van der Waals surface area contributed by atoms with Gasteiger partial charge in [-0.3, -0.25) is 28.8 Å². The number of unbranched alkanes of at least 4 members (excludes halogenated alkanes) is 2. The minimum atomic E-state index is -0.817. The fourth-order valence-electron chi connectivity index (χ4n) is 11.4. The average Bonchev–Trinajstić information content (AvgIpc) is 4.17. The van der Waals surface area contributed by atoms with Gasteiger partial charge >= 0.3 is 0 Å². The van der Waals surface area contributed by atoms with Crippen LogP contribution in [0.15, 0.2) is 96.2 Å². The van der Waals surface area contributed by atoms with Crippen LogP contribution >= 0.6 is 0 Å². The van der Waals surface area contributed by atoms with Gasteiger partial charge < -0.3 is 49.3 Å². The Labute approximate surface area is 468 Å². The molecule has 9 rings (SSSR count). The van der Waals surface area contributed by atoms with Crippen LogP contribution < -0.4 is 44.4 Å². The predicted octanol–water partition coefficient (Wildman–Crippen LogP) is 9.56. The number of rotatable bonds is 24. The molecule has 5 aromatic carbocycles. The minimum absolute atomic E-state index is 0.00500. The number of methoxy groups -OCH3 is 1. The fourth-order valence-corrected chi connectivity index (χ4v) is 11.4. The van der Waals surface area contributed by atoms with Gasteiger partial charge in [-0.15, -0.1) is 0 Å². The maximum absolute atomic E-state index is 14.3. The lowest BCUT2D eigenvalue weighted by Crippen LogP contribution is -2.41. The number of benzene rings is 5. The highest BCUT2D eigenvalue weighted by Gasteiger charge is 2.41. The van der Waals surface area contributed by atoms with Crippen molar-refractivity contribution in [3.8, 4) is 17.2 Å². The molecule has 0 aromatic heterocycles. The van der Waals surface area contributed by atoms with Crippen LogP contribution in [0, 0.1) is 12.8 Å². The molecule has 0 spiro atoms. The Hall–Kier alpha value is -8.21. The summed E-state index contributed by atoms with van der Waals surface area (Å²) in [7, 11) is 5.51. The smallest absolute Gasteiger partial charge is 0.260 e. The van der Waals surface area contributed by atoms with E-state index < -0.39 is 17.9 Å². The maximum Gasteiger partial charge on any atom is 0.260 e. The molecule has 0 fully saturated rings. The van der Waals surface area contributed by atoms with Crippen LogP contribution in [0.4, 0.5) is 28.4 Å². The van der Waals surface area contributed by atoms with Crippen molar-refractivity contribution in [1.29, 1.82) is 0 Å². The first-order valence-corrected chi connectivity index (χ1v) is 27.9. The molecular formula is C63H73N7O10. The third-order valence-corrected chi connectivity index (χ3v) is 15.6. The first kappa shape index (κ1) is 56.5. The Morgan fingerprint density at radius 2 is 1.24 bits per heavy atom. The molecule has 420 valence electrons. The van der Waals surface area contributed by atoms with Crippen LogP contribution in [0.2, 0.25) is 0 Å². The van der Waals surface area contributed by atoms with Gasteiger partial charge in [0.1, 0.15) is 31.4 Å². The first-order chi connectivity index (χ1) is 38.6. The van der Waals surface area contributed by atoms with Crippen molar-refractivity contribution in [1.82, 2.24) is 5.32 Å². The number of ketones is 2. The lowest BCUT2D eigenvalue weighted by atomic mass is 9.99. The third kappa shape index (κ3) is 12.8. The summed E-state index contributed by atoms with van der Waals surface area (Å²) in [6, 6.07) is 28.2. The molecule has 4 amide bonds. The number of Topliss-reactive ketones (excluding diaryl/α,β-unsaturated/α-hetero) is 2. The van der Waals surface area contributed by atoms with E-state index in [2.05, 4.69) is 37.7 Å². The average molecular weight is 1090 g/mol. The van der Waals surface area contributed by atoms with E-state index in [0.29, 0.717) is 97.0 Å². The van der Waals surface area contributed by atoms with E-state index in [9.17, 15) is 28.8 Å². The minimum Gasteiger partial charge on any atom is -0.493 e. The van der Waals surface area contributed by atoms with E-state index >= 15 is 0 Å². The molecule has 0 aliphatic carbocycles. The van der Waals surface area contributed by atoms with Crippen molar-refractivity contribution in [2.24, 2.45) is 11.1 Å². The summed E-state index contributed by atoms with van der Waals surface area (Å²) in [5.74, 6) is -0.316. The second kappa shape index (κ2) is 25.3. The summed E-state index contributed by atoms with van der Waals surface area (Å²) in [4.78, 5) is 94.1. The lowest BCUT2D eigenvalue weighted by molar-refractivity contribution is -0.129. The Bertz CT molecular complexity index is 3190. The molecule has 80 heavy (non-hydrogen) atoms. The number of carbonyl (C=O) groups excluding carboxylic acids is 6. The number of ether oxygens (including phenoxy) is 3. The number of likely N-dealkylation sites (N-methyl/N-ethyl adjacent to an activating group) is 2. The number of carbonyl (C=O) groups is 6. The van der Waals surface area contributed by atoms with E-state index in [1.54, 1.807) is 40.2 Å². The molecule has 5 aromatic rings. The summed E-state index contributed by atoms with van der Waals surface area (Å²) in [5.41, 5.74) is 9.42. The number of nitrogens with zero attached hydrogens (tertiary/aromatic N) is 5. The number of amides is 4. The maximum atomic E-state index is 14.3. The van der Waals surface area contributed by atoms with Gasteiger partial charge in [-0.2, -0.15) is 0 Å². The quantitative estimate of drug-likeness (QED) is 0.0339. The zero-order valence-electron chi connectivity index (χ0n) is 47.0. The van der Waals surface area contributed by atoms with Crippen molar-refractivity contribution in [2.75, 3.05) is 65.8 Å². The SMILES string of the molecule is CC=NOCCCCC(=O)CCCCC(=O)N[C@@H](C)C(=O)C[C@@H](C)C(=O)Nc1cc(COc2cc3c(cc2C)C(=O)N2c4ccccc4C[C@H]2CN3C)cc(COc2cc3c(cc2OC)C(=O)N2c4ccccc4C[C@H]2CN3C)c1. The van der Waals surface area contributed by atoms with Crippen LogP contribution in [0.25, 0.3) is 0 Å². The molecule has 4 atom stereocenters. The largest absolute Gasteiger partial charge is 0.493 e. The van der Waals surface area contributed by atoms with Crippen molar-refractivity contribution in [3.05, 3.63) is 130 Å². The number of anilines is 5. The van der Waals surface area contributed by atoms with Crippen LogP contribution in [0.1, 0.15) is 121 Å². The van der Waals surface area contributed by atoms with Crippen molar-refractivity contribution in [3.63, 3.8) is 0 Å². The summed E-state index contributed by atoms with van der Waals surface area (Å²) < 4.78 is 19.0. The van der Waals surface area contributed by atoms with Crippen LogP contribution in [0.5, 0.6) is 17.2 Å². The topological polar surface area (TPSA) is 189 Å². The summed E-state index contributed by atoms with van der Waals surface area (Å²) in [5, 5.41) is 9.49. The monoisotopic (exact) mass is 1090 g/mol. The number of para-hydroxylation sites is 2. The summed E-state index contributed by atoms with van der Waals surface area (Å²) in [6.45, 7) is 8.84. The van der Waals surface area contributed by atoms with E-state index in [1.165, 1.54) is 0 Å². The van der Waals surface area contributed by atoms with Gasteiger partial charge in [0.15, 0.2) is 17.3 Å². The highest BCUT2D eigenvalue weighted by Crippen LogP contribution is 2.43. The Morgan fingerprint density at radius 1 is 0.688 bits per heavy atom. The summed E-state index contributed by atoms with van der Waals surface area (Å²) in [6.07, 6.45) is 6.55. The molecule has 17 heteroatoms. The zero-order valence-corrected chi connectivity index (χ0v) is 47.0. The van der Waals surface area contributed by atoms with Crippen molar-refractivity contribution < 1.29 is 47.8 Å². The standard InChI is InChI=1S/C63H73N7O10/c1-8-64-80-24-16-15-20-49(71)19-11-14-23-60(73)65-41(4)56(72)26-40(3)61(74)66-46-28-42(37-78-57-33-54-50(25-39(57)2)62(75)69-47(35-67(54)5)30-44-17-9-12-21-52(44)69)27-43(29-46)38-79-59-34-55-51(32-58(59)77-7)63(76)70-48(36-68(55)6)31-45-18-10-13-22-53(45)70/h8-10,12-13,17-18,21-22,25,27-29,32-34,40-41,47-48H,11,14-16,19-20,23-24,26,30-31,35-38H2,1-7H3,(H,65,73)(H,66,74)/t40-,41+,47+,48+/m1/s1. The number of hydrogen-bond acceptors (Lipinski definition) is 13. The van der Waals surface area contributed by atoms with Gasteiger partial charge in [-0.1, -0.05) is 48.5 Å². The zero-order chi connectivity index (χ0) is 56.6. The molecule has 2 N–H and O–H groups in total. The van der Waals surface area contributed by atoms with Crippen LogP contribution in [-0.4, -0.2) is 100 Å². The Balaban J connectivity index is 0.883. The van der Waals surface area contributed by atoms with E-state index in [1.807, 2.05) is 104 Å². The van der Waals surface area contributed by atoms with Crippen LogP contribution in [0.3, 0.4) is 0 Å². The van der Waals surface area contributed by atoms with Gasteiger partial charge in [0.25, 0.3) is 11.8 Å². The van der Waals surface area contributed by atoms with Gasteiger partial charge in [0.05, 0.1) is 47.7 Å². The normalized spacial score (nSPS) is 16.8. The molecular weight excluding hydrogens is 1010 g/mol. The number of hydrogen-bond donors (Lipinski definition) is 2. The number of nitrogens with one attached hydrogen (secondary N) is 2. The number of fused-ring (bicyclic) bond motifs is 8. The van der Waals surface area contributed by atoms with E-state index in [0.717, 1.165) is 58.7 Å². The number of oxime groups is 1. The predicted molar refractivity (Wildman–Crippen MR) is 310 cm³/mol. The fraction of sp³-hybridized carbons (Fsp3) is 0.413. The molecule has 4 heterocycles. The highest BCUT2D eigenvalue weighted by atomic mass is 16.6.